The first kappa shape index (κ1) is 19.8. The summed E-state index contributed by atoms with van der Waals surface area (Å²) in [5.41, 5.74) is -11.3. The number of H-pyrrole nitrogens is 1. The Morgan fingerprint density at radius 1 is 1.15 bits per heavy atom. The summed E-state index contributed by atoms with van der Waals surface area (Å²) in [7, 11) is 0. The fourth-order valence-corrected chi connectivity index (χ4v) is 3.43. The predicted octanol–water partition coefficient (Wildman–Crippen LogP) is -3.19. The molecule has 0 bridgehead atoms. The van der Waals surface area contributed by atoms with Gasteiger partial charge < -0.3 is 20.1 Å². The van der Waals surface area contributed by atoms with Crippen molar-refractivity contribution in [1.29, 1.82) is 0 Å². The summed E-state index contributed by atoms with van der Waals surface area (Å²) in [6, 6.07) is 0.815. The first-order valence-electron chi connectivity index (χ1n) is 7.50. The summed E-state index contributed by atoms with van der Waals surface area (Å²) in [5.74, 6) is -3.56. The van der Waals surface area contributed by atoms with Crippen molar-refractivity contribution in [3.05, 3.63) is 33.1 Å². The molecule has 1 aromatic heterocycles. The second-order valence-corrected chi connectivity index (χ2v) is 6.06. The van der Waals surface area contributed by atoms with E-state index in [0.717, 1.165) is 33.0 Å². The normalized spacial score (nSPS) is 33.8. The number of aromatic amines is 1. The highest BCUT2D eigenvalue weighted by Gasteiger charge is 2.80. The second-order valence-electron chi connectivity index (χ2n) is 6.06. The van der Waals surface area contributed by atoms with Gasteiger partial charge in [-0.3, -0.25) is 28.7 Å². The maximum Gasteiger partial charge on any atom is 0.331 e. The highest BCUT2D eigenvalue weighted by Crippen LogP contribution is 2.50. The molecule has 11 nitrogen and oxygen atoms in total. The molecular weight excluding hydrogens is 352 g/mol. The SMILES string of the molecule is CC(=O)[C@@]1(O)[C@@](O)(C(C)=O)[C@@H](CO)O[C@@]1(C(C)=O)n1ccc(=O)[nH]c1=O. The Hall–Kier alpha value is -2.47. The van der Waals surface area contributed by atoms with Gasteiger partial charge in [0.1, 0.15) is 6.10 Å². The lowest BCUT2D eigenvalue weighted by molar-refractivity contribution is -0.208. The number of ether oxygens (including phenoxy) is 1. The molecule has 0 aliphatic carbocycles. The van der Waals surface area contributed by atoms with E-state index in [1.165, 1.54) is 0 Å². The highest BCUT2D eigenvalue weighted by molar-refractivity contribution is 6.04. The van der Waals surface area contributed by atoms with Crippen molar-refractivity contribution in [2.24, 2.45) is 0 Å². The van der Waals surface area contributed by atoms with E-state index in [2.05, 4.69) is 0 Å². The van der Waals surface area contributed by atoms with Crippen LogP contribution in [0.25, 0.3) is 0 Å². The average Bonchev–Trinajstić information content (AvgIpc) is 2.76. The van der Waals surface area contributed by atoms with Crippen molar-refractivity contribution in [1.82, 2.24) is 9.55 Å². The van der Waals surface area contributed by atoms with Crippen molar-refractivity contribution < 1.29 is 34.4 Å². The van der Waals surface area contributed by atoms with Gasteiger partial charge in [-0.05, 0) is 20.8 Å². The number of nitrogens with one attached hydrogen (secondary N) is 1. The molecule has 0 spiro atoms. The van der Waals surface area contributed by atoms with E-state index in [-0.39, 0.29) is 0 Å². The maximum absolute atomic E-state index is 12.5. The average molecular weight is 370 g/mol. The van der Waals surface area contributed by atoms with E-state index in [1.54, 1.807) is 0 Å². The number of aromatic nitrogens is 2. The van der Waals surface area contributed by atoms with E-state index < -0.39 is 58.2 Å². The lowest BCUT2D eigenvalue weighted by atomic mass is 9.69. The first-order valence-corrected chi connectivity index (χ1v) is 7.50. The Morgan fingerprint density at radius 3 is 2.12 bits per heavy atom. The monoisotopic (exact) mass is 370 g/mol. The lowest BCUT2D eigenvalue weighted by Crippen LogP contribution is -2.73. The van der Waals surface area contributed by atoms with E-state index in [9.17, 15) is 39.3 Å². The third kappa shape index (κ3) is 2.11. The second kappa shape index (κ2) is 6.06. The minimum absolute atomic E-state index is 0.404. The number of rotatable bonds is 5. The maximum atomic E-state index is 12.5. The van der Waals surface area contributed by atoms with Gasteiger partial charge in [0.15, 0.2) is 23.0 Å². The van der Waals surface area contributed by atoms with E-state index >= 15 is 0 Å². The lowest BCUT2D eigenvalue weighted by Gasteiger charge is -2.42. The molecule has 1 saturated heterocycles. The molecular formula is C15H18N2O9. The van der Waals surface area contributed by atoms with Gasteiger partial charge in [0.2, 0.25) is 11.3 Å². The largest absolute Gasteiger partial charge is 0.394 e. The van der Waals surface area contributed by atoms with Crippen LogP contribution in [0.3, 0.4) is 0 Å². The summed E-state index contributed by atoms with van der Waals surface area (Å²) in [4.78, 5) is 62.4. The zero-order valence-corrected chi connectivity index (χ0v) is 14.2. The van der Waals surface area contributed by atoms with Crippen LogP contribution < -0.4 is 11.2 Å². The summed E-state index contributed by atoms with van der Waals surface area (Å²) in [5, 5.41) is 31.5. The Balaban J connectivity index is 3.03. The number of hydrogen-bond donors (Lipinski definition) is 4. The number of aliphatic hydroxyl groups excluding tert-OH is 1. The van der Waals surface area contributed by atoms with Crippen molar-refractivity contribution in [3.63, 3.8) is 0 Å². The van der Waals surface area contributed by atoms with Crippen LogP contribution in [-0.2, 0) is 24.8 Å². The molecule has 0 radical (unpaired) electrons. The Labute approximate surface area is 145 Å². The fraction of sp³-hybridized carbons (Fsp3) is 0.533. The van der Waals surface area contributed by atoms with Gasteiger partial charge in [0.05, 0.1) is 6.61 Å². The molecule has 0 saturated carbocycles. The minimum atomic E-state index is -3.26. The van der Waals surface area contributed by atoms with Crippen molar-refractivity contribution in [3.8, 4) is 0 Å². The van der Waals surface area contributed by atoms with Crippen molar-refractivity contribution >= 4 is 17.3 Å². The molecule has 4 N–H and O–H groups in total. The van der Waals surface area contributed by atoms with Gasteiger partial charge >= 0.3 is 5.69 Å². The van der Waals surface area contributed by atoms with Gasteiger partial charge in [0.25, 0.3) is 5.56 Å². The van der Waals surface area contributed by atoms with Crippen LogP contribution in [0.5, 0.6) is 0 Å². The Kier molecular flexibility index (Phi) is 4.62. The summed E-state index contributed by atoms with van der Waals surface area (Å²) >= 11 is 0. The van der Waals surface area contributed by atoms with Crippen LogP contribution in [0.1, 0.15) is 20.8 Å². The van der Waals surface area contributed by atoms with E-state index in [0.29, 0.717) is 4.57 Å². The smallest absolute Gasteiger partial charge is 0.331 e. The summed E-state index contributed by atoms with van der Waals surface area (Å²) in [6.07, 6.45) is -1.13. The zero-order valence-electron chi connectivity index (χ0n) is 14.2. The molecule has 1 aliphatic rings. The molecule has 0 amide bonds. The van der Waals surface area contributed by atoms with Gasteiger partial charge in [-0.2, -0.15) is 0 Å². The molecule has 1 aromatic rings. The number of hydrogen-bond acceptors (Lipinski definition) is 9. The number of aliphatic hydroxyl groups is 3. The van der Waals surface area contributed by atoms with Gasteiger partial charge in [-0.25, -0.2) is 4.79 Å². The number of nitrogens with zero attached hydrogens (tertiary/aromatic N) is 1. The molecule has 2 heterocycles. The van der Waals surface area contributed by atoms with Crippen LogP contribution in [0, 0.1) is 0 Å². The highest BCUT2D eigenvalue weighted by atomic mass is 16.6. The first-order chi connectivity index (χ1) is 11.9. The Bertz CT molecular complexity index is 903. The van der Waals surface area contributed by atoms with Gasteiger partial charge in [-0.1, -0.05) is 0 Å². The van der Waals surface area contributed by atoms with Crippen LogP contribution in [0.2, 0.25) is 0 Å². The number of carbonyl (C=O) groups excluding carboxylic acids is 3. The Morgan fingerprint density at radius 2 is 1.73 bits per heavy atom. The van der Waals surface area contributed by atoms with Gasteiger partial charge in [-0.15, -0.1) is 0 Å². The van der Waals surface area contributed by atoms with Crippen molar-refractivity contribution in [2.45, 2.75) is 43.8 Å². The third-order valence-electron chi connectivity index (χ3n) is 4.67. The minimum Gasteiger partial charge on any atom is -0.394 e. The molecule has 26 heavy (non-hydrogen) atoms. The van der Waals surface area contributed by atoms with Crippen LogP contribution in [0.15, 0.2) is 21.9 Å². The molecule has 1 aliphatic heterocycles. The zero-order chi connectivity index (χ0) is 20.1. The van der Waals surface area contributed by atoms with E-state index in [1.807, 2.05) is 4.98 Å². The van der Waals surface area contributed by atoms with Crippen LogP contribution >= 0.6 is 0 Å². The number of carbonyl (C=O) groups is 3. The van der Waals surface area contributed by atoms with E-state index in [4.69, 9.17) is 4.74 Å². The molecule has 4 atom stereocenters. The molecule has 2 rings (SSSR count). The molecule has 142 valence electrons. The van der Waals surface area contributed by atoms with Crippen LogP contribution in [-0.4, -0.2) is 66.1 Å². The third-order valence-corrected chi connectivity index (χ3v) is 4.67. The standard InChI is InChI=1S/C15H18N2O9/c1-7(19)13(24)10(6-18)26-15(9(3)21,14(13,25)8(2)20)17-5-4-11(22)16-12(17)23/h4-5,10,18,24-25H,6H2,1-3H3,(H,16,22,23)/t10-,13-,14-,15-/m1/s1. The summed E-state index contributed by atoms with van der Waals surface area (Å²) < 4.78 is 5.72. The number of ketones is 3. The van der Waals surface area contributed by atoms with Crippen molar-refractivity contribution in [2.75, 3.05) is 6.61 Å². The molecule has 11 heteroatoms. The number of Topliss-reactive ketones (excluding diaryl/α,β-unsaturated/α-hetero) is 3. The fourth-order valence-electron chi connectivity index (χ4n) is 3.43. The molecule has 0 aromatic carbocycles. The predicted molar refractivity (Wildman–Crippen MR) is 83.2 cm³/mol. The summed E-state index contributed by atoms with van der Waals surface area (Å²) in [6.45, 7) is 1.40. The molecule has 0 unspecified atom stereocenters. The topological polar surface area (TPSA) is 176 Å². The van der Waals surface area contributed by atoms with Crippen LogP contribution in [0.4, 0.5) is 0 Å². The van der Waals surface area contributed by atoms with Gasteiger partial charge in [0, 0.05) is 12.3 Å². The molecule has 1 fully saturated rings. The quantitative estimate of drug-likeness (QED) is 0.416.